The lowest BCUT2D eigenvalue weighted by molar-refractivity contribution is 0.0313. The highest BCUT2D eigenvalue weighted by Crippen LogP contribution is 2.22. The normalized spacial score (nSPS) is 16.5. The molecule has 0 aromatic heterocycles. The van der Waals surface area contributed by atoms with Gasteiger partial charge in [0.05, 0.1) is 17.7 Å². The third-order valence-electron chi connectivity index (χ3n) is 3.20. The molecule has 0 atom stereocenters. The van der Waals surface area contributed by atoms with E-state index in [4.69, 9.17) is 27.9 Å². The van der Waals surface area contributed by atoms with Gasteiger partial charge in [-0.1, -0.05) is 23.2 Å². The summed E-state index contributed by atoms with van der Waals surface area (Å²) in [5, 5.41) is 4.21. The average Bonchev–Trinajstić information content (AvgIpc) is 2.39. The minimum absolute atomic E-state index is 0.00407. The van der Waals surface area contributed by atoms with Crippen LogP contribution in [0.3, 0.4) is 0 Å². The average molecular weight is 302 g/mol. The number of piperidine rings is 1. The van der Waals surface area contributed by atoms with Crippen molar-refractivity contribution < 1.29 is 9.53 Å². The second-order valence-electron chi connectivity index (χ2n) is 4.62. The van der Waals surface area contributed by atoms with Crippen molar-refractivity contribution in [2.24, 2.45) is 0 Å². The first-order valence-electron chi connectivity index (χ1n) is 6.47. The third kappa shape index (κ3) is 4.46. The van der Waals surface area contributed by atoms with Gasteiger partial charge in [-0.05, 0) is 44.1 Å². The molecule has 19 heavy (non-hydrogen) atoms. The number of ether oxygens (including phenoxy) is 1. The lowest BCUT2D eigenvalue weighted by Gasteiger charge is -2.22. The van der Waals surface area contributed by atoms with Crippen LogP contribution in [0.1, 0.15) is 29.6 Å². The lowest BCUT2D eigenvalue weighted by atomic mass is 10.1. The first-order valence-corrected chi connectivity index (χ1v) is 7.23. The summed E-state index contributed by atoms with van der Waals surface area (Å²) in [6, 6.07) is 4.93. The molecular formula is C14H17Cl2NO2. The molecule has 0 amide bonds. The summed E-state index contributed by atoms with van der Waals surface area (Å²) < 4.78 is 5.71. The van der Waals surface area contributed by atoms with E-state index < -0.39 is 0 Å². The molecule has 0 saturated carbocycles. The fourth-order valence-electron chi connectivity index (χ4n) is 2.13. The minimum atomic E-state index is -0.00407. The van der Waals surface area contributed by atoms with Gasteiger partial charge in [0, 0.05) is 17.0 Å². The number of hydrogen-bond acceptors (Lipinski definition) is 3. The topological polar surface area (TPSA) is 38.3 Å². The number of benzene rings is 1. The zero-order valence-electron chi connectivity index (χ0n) is 10.6. The van der Waals surface area contributed by atoms with Crippen LogP contribution < -0.4 is 5.32 Å². The van der Waals surface area contributed by atoms with Gasteiger partial charge < -0.3 is 10.1 Å². The molecule has 0 bridgehead atoms. The van der Waals surface area contributed by atoms with Crippen molar-refractivity contribution >= 4 is 29.0 Å². The number of nitrogens with one attached hydrogen (secondary N) is 1. The van der Waals surface area contributed by atoms with E-state index in [2.05, 4.69) is 5.32 Å². The summed E-state index contributed by atoms with van der Waals surface area (Å²) in [5.74, 6) is -0.00407. The van der Waals surface area contributed by atoms with Crippen molar-refractivity contribution in [1.82, 2.24) is 5.32 Å². The second kappa shape index (κ2) is 7.25. The maximum absolute atomic E-state index is 12.0. The Morgan fingerprint density at radius 3 is 2.74 bits per heavy atom. The van der Waals surface area contributed by atoms with Crippen molar-refractivity contribution in [3.05, 3.63) is 33.8 Å². The Hall–Kier alpha value is -0.610. The molecule has 0 unspecified atom stereocenters. The van der Waals surface area contributed by atoms with E-state index in [1.807, 2.05) is 0 Å². The third-order valence-corrected chi connectivity index (χ3v) is 3.75. The highest BCUT2D eigenvalue weighted by molar-refractivity contribution is 6.36. The quantitative estimate of drug-likeness (QED) is 0.848. The number of carbonyl (C=O) groups excluding carboxylic acids is 1. The Kier molecular flexibility index (Phi) is 5.64. The van der Waals surface area contributed by atoms with E-state index in [1.165, 1.54) is 0 Å². The fourth-order valence-corrected chi connectivity index (χ4v) is 2.64. The molecule has 104 valence electrons. The molecule has 0 aliphatic carbocycles. The van der Waals surface area contributed by atoms with Crippen LogP contribution in [0.25, 0.3) is 0 Å². The van der Waals surface area contributed by atoms with E-state index >= 15 is 0 Å². The Bertz CT molecular complexity index is 445. The summed E-state index contributed by atoms with van der Waals surface area (Å²) in [7, 11) is 0. The standard InChI is InChI=1S/C14H17Cl2NO2/c15-10-1-2-12(13(16)9-10)14(18)5-8-19-11-3-6-17-7-4-11/h1-2,9,11,17H,3-8H2. The van der Waals surface area contributed by atoms with Gasteiger partial charge in [0.25, 0.3) is 0 Å². The maximum atomic E-state index is 12.0. The molecule has 5 heteroatoms. The van der Waals surface area contributed by atoms with E-state index in [0.29, 0.717) is 28.6 Å². The summed E-state index contributed by atoms with van der Waals surface area (Å²) in [6.07, 6.45) is 2.64. The molecule has 1 N–H and O–H groups in total. The van der Waals surface area contributed by atoms with Crippen molar-refractivity contribution in [3.63, 3.8) is 0 Å². The molecule has 1 fully saturated rings. The molecule has 1 saturated heterocycles. The van der Waals surface area contributed by atoms with Crippen molar-refractivity contribution in [2.75, 3.05) is 19.7 Å². The molecule has 1 aliphatic rings. The van der Waals surface area contributed by atoms with E-state index in [1.54, 1.807) is 18.2 Å². The monoisotopic (exact) mass is 301 g/mol. The van der Waals surface area contributed by atoms with Crippen LogP contribution in [0.15, 0.2) is 18.2 Å². The Labute approximate surface area is 123 Å². The number of Topliss-reactive ketones (excluding diaryl/α,β-unsaturated/α-hetero) is 1. The van der Waals surface area contributed by atoms with Crippen molar-refractivity contribution in [3.8, 4) is 0 Å². The largest absolute Gasteiger partial charge is 0.378 e. The first-order chi connectivity index (χ1) is 9.16. The Morgan fingerprint density at radius 1 is 1.32 bits per heavy atom. The van der Waals surface area contributed by atoms with Gasteiger partial charge in [0.15, 0.2) is 5.78 Å². The zero-order valence-corrected chi connectivity index (χ0v) is 12.1. The molecule has 0 radical (unpaired) electrons. The van der Waals surface area contributed by atoms with Crippen molar-refractivity contribution in [1.29, 1.82) is 0 Å². The number of hydrogen-bond donors (Lipinski definition) is 1. The SMILES string of the molecule is O=C(CCOC1CCNCC1)c1ccc(Cl)cc1Cl. The predicted molar refractivity (Wildman–Crippen MR) is 77.3 cm³/mol. The number of ketones is 1. The van der Waals surface area contributed by atoms with Gasteiger partial charge in [0.1, 0.15) is 0 Å². The Balaban J connectivity index is 1.80. The van der Waals surface area contributed by atoms with Gasteiger partial charge in [-0.15, -0.1) is 0 Å². The Morgan fingerprint density at radius 2 is 2.05 bits per heavy atom. The summed E-state index contributed by atoms with van der Waals surface area (Å²) in [5.41, 5.74) is 0.514. The molecule has 0 spiro atoms. The van der Waals surface area contributed by atoms with Gasteiger partial charge in [-0.25, -0.2) is 0 Å². The molecule has 3 nitrogen and oxygen atoms in total. The predicted octanol–water partition coefficient (Wildman–Crippen LogP) is 3.33. The second-order valence-corrected chi connectivity index (χ2v) is 5.46. The number of halogens is 2. The van der Waals surface area contributed by atoms with Crippen molar-refractivity contribution in [2.45, 2.75) is 25.4 Å². The summed E-state index contributed by atoms with van der Waals surface area (Å²) >= 11 is 11.8. The van der Waals surface area contributed by atoms with Crippen LogP contribution in [0.4, 0.5) is 0 Å². The zero-order chi connectivity index (χ0) is 13.7. The molecular weight excluding hydrogens is 285 g/mol. The molecule has 2 rings (SSSR count). The highest BCUT2D eigenvalue weighted by Gasteiger charge is 2.15. The molecule has 1 aromatic rings. The van der Waals surface area contributed by atoms with Crippen LogP contribution in [0, 0.1) is 0 Å². The van der Waals surface area contributed by atoms with Gasteiger partial charge in [-0.3, -0.25) is 4.79 Å². The molecule has 1 heterocycles. The first kappa shape index (κ1) is 14.8. The van der Waals surface area contributed by atoms with Crippen LogP contribution in [-0.4, -0.2) is 31.6 Å². The van der Waals surface area contributed by atoms with Crippen LogP contribution >= 0.6 is 23.2 Å². The smallest absolute Gasteiger partial charge is 0.166 e. The summed E-state index contributed by atoms with van der Waals surface area (Å²) in [6.45, 7) is 2.42. The van der Waals surface area contributed by atoms with Gasteiger partial charge in [-0.2, -0.15) is 0 Å². The lowest BCUT2D eigenvalue weighted by Crippen LogP contribution is -2.32. The van der Waals surface area contributed by atoms with Gasteiger partial charge >= 0.3 is 0 Å². The van der Waals surface area contributed by atoms with E-state index in [-0.39, 0.29) is 11.9 Å². The van der Waals surface area contributed by atoms with E-state index in [0.717, 1.165) is 25.9 Å². The minimum Gasteiger partial charge on any atom is -0.378 e. The highest BCUT2D eigenvalue weighted by atomic mass is 35.5. The number of rotatable bonds is 5. The van der Waals surface area contributed by atoms with Crippen LogP contribution in [0.2, 0.25) is 10.0 Å². The molecule has 1 aromatic carbocycles. The maximum Gasteiger partial charge on any atom is 0.166 e. The van der Waals surface area contributed by atoms with Gasteiger partial charge in [0.2, 0.25) is 0 Å². The van der Waals surface area contributed by atoms with E-state index in [9.17, 15) is 4.79 Å². The van der Waals surface area contributed by atoms with Crippen LogP contribution in [-0.2, 0) is 4.74 Å². The van der Waals surface area contributed by atoms with Crippen LogP contribution in [0.5, 0.6) is 0 Å². The number of carbonyl (C=O) groups is 1. The molecule has 1 aliphatic heterocycles. The fraction of sp³-hybridized carbons (Fsp3) is 0.500. The summed E-state index contributed by atoms with van der Waals surface area (Å²) in [4.78, 5) is 12.0.